The highest BCUT2D eigenvalue weighted by Gasteiger charge is 2.35. The van der Waals surface area contributed by atoms with E-state index in [4.69, 9.17) is 0 Å². The van der Waals surface area contributed by atoms with Crippen LogP contribution in [0.25, 0.3) is 0 Å². The van der Waals surface area contributed by atoms with Crippen LogP contribution < -0.4 is 5.32 Å². The first-order valence-corrected chi connectivity index (χ1v) is 11.9. The van der Waals surface area contributed by atoms with Crippen LogP contribution in [-0.2, 0) is 10.0 Å². The molecule has 166 valence electrons. The summed E-state index contributed by atoms with van der Waals surface area (Å²) in [6.07, 6.45) is 1.70. The number of carbonyl (C=O) groups excluding carboxylic acids is 3. The fourth-order valence-corrected chi connectivity index (χ4v) is 5.44. The van der Waals surface area contributed by atoms with Crippen LogP contribution in [-0.4, -0.2) is 43.3 Å². The number of nitrogens with zero attached hydrogens (tertiary/aromatic N) is 1. The molecule has 2 aliphatic rings. The van der Waals surface area contributed by atoms with Crippen LogP contribution in [0.3, 0.4) is 0 Å². The molecule has 0 heterocycles. The zero-order valence-corrected chi connectivity index (χ0v) is 18.6. The minimum Gasteiger partial charge on any atom is -0.321 e. The highest BCUT2D eigenvalue weighted by Crippen LogP contribution is 2.33. The quantitative estimate of drug-likeness (QED) is 0.491. The van der Waals surface area contributed by atoms with Crippen LogP contribution in [0, 0.1) is 0 Å². The Hall–Kier alpha value is -3.62. The molecule has 1 amide bonds. The van der Waals surface area contributed by atoms with Crippen molar-refractivity contribution in [3.63, 3.8) is 0 Å². The van der Waals surface area contributed by atoms with Crippen molar-refractivity contribution >= 4 is 33.2 Å². The highest BCUT2D eigenvalue weighted by atomic mass is 32.2. The first kappa shape index (κ1) is 21.2. The van der Waals surface area contributed by atoms with Gasteiger partial charge in [-0.1, -0.05) is 36.4 Å². The van der Waals surface area contributed by atoms with Crippen LogP contribution in [0.4, 0.5) is 5.69 Å². The van der Waals surface area contributed by atoms with Gasteiger partial charge in [0.1, 0.15) is 0 Å². The Morgan fingerprint density at radius 3 is 2.09 bits per heavy atom. The van der Waals surface area contributed by atoms with Gasteiger partial charge in [0.05, 0.1) is 16.1 Å². The van der Waals surface area contributed by atoms with Crippen molar-refractivity contribution in [2.45, 2.75) is 23.8 Å². The second-order valence-corrected chi connectivity index (χ2v) is 10.2. The molecule has 1 fully saturated rings. The Balaban J connectivity index is 1.42. The molecular formula is C25H20N2O5S. The fraction of sp³-hybridized carbons (Fsp3) is 0.160. The van der Waals surface area contributed by atoms with Crippen LogP contribution in [0.5, 0.6) is 0 Å². The van der Waals surface area contributed by atoms with Crippen molar-refractivity contribution in [1.29, 1.82) is 0 Å². The Labute approximate surface area is 191 Å². The predicted octanol–water partition coefficient (Wildman–Crippen LogP) is 3.50. The molecule has 5 rings (SSSR count). The highest BCUT2D eigenvalue weighted by molar-refractivity contribution is 7.89. The topological polar surface area (TPSA) is 101 Å². The average Bonchev–Trinajstić information content (AvgIpc) is 3.67. The van der Waals surface area contributed by atoms with Crippen LogP contribution in [0.1, 0.15) is 55.0 Å². The normalized spacial score (nSPS) is 15.2. The first-order valence-electron chi connectivity index (χ1n) is 10.5. The number of fused-ring (bicyclic) bond motifs is 2. The summed E-state index contributed by atoms with van der Waals surface area (Å²) in [4.78, 5) is 39.0. The molecular weight excluding hydrogens is 440 g/mol. The minimum absolute atomic E-state index is 0.0348. The Morgan fingerprint density at radius 1 is 0.848 bits per heavy atom. The summed E-state index contributed by atoms with van der Waals surface area (Å²) < 4.78 is 26.7. The largest absolute Gasteiger partial charge is 0.321 e. The van der Waals surface area contributed by atoms with E-state index >= 15 is 0 Å². The number of nitrogens with one attached hydrogen (secondary N) is 1. The van der Waals surface area contributed by atoms with E-state index in [0.717, 1.165) is 12.8 Å². The molecule has 0 bridgehead atoms. The van der Waals surface area contributed by atoms with E-state index in [1.54, 1.807) is 49.5 Å². The molecule has 1 N–H and O–H groups in total. The molecule has 7 nitrogen and oxygen atoms in total. The summed E-state index contributed by atoms with van der Waals surface area (Å²) in [6, 6.07) is 17.0. The van der Waals surface area contributed by atoms with E-state index in [1.165, 1.54) is 28.6 Å². The number of hydrogen-bond donors (Lipinski definition) is 1. The molecule has 3 aromatic carbocycles. The number of sulfonamides is 1. The van der Waals surface area contributed by atoms with Crippen LogP contribution in [0.15, 0.2) is 71.6 Å². The number of rotatable bonds is 5. The van der Waals surface area contributed by atoms with Crippen molar-refractivity contribution in [3.05, 3.63) is 94.5 Å². The molecule has 33 heavy (non-hydrogen) atoms. The van der Waals surface area contributed by atoms with E-state index in [-0.39, 0.29) is 44.9 Å². The van der Waals surface area contributed by atoms with Crippen molar-refractivity contribution in [1.82, 2.24) is 4.31 Å². The molecule has 0 aliphatic heterocycles. The summed E-state index contributed by atoms with van der Waals surface area (Å²) >= 11 is 0. The average molecular weight is 461 g/mol. The molecule has 0 atom stereocenters. The van der Waals surface area contributed by atoms with Gasteiger partial charge in [-0.3, -0.25) is 14.4 Å². The summed E-state index contributed by atoms with van der Waals surface area (Å²) in [5.74, 6) is -1.12. The summed E-state index contributed by atoms with van der Waals surface area (Å²) in [5, 5.41) is 2.71. The molecule has 0 unspecified atom stereocenters. The van der Waals surface area contributed by atoms with E-state index in [9.17, 15) is 22.8 Å². The lowest BCUT2D eigenvalue weighted by atomic mass is 9.83. The van der Waals surface area contributed by atoms with Gasteiger partial charge in [0.15, 0.2) is 11.6 Å². The van der Waals surface area contributed by atoms with Crippen molar-refractivity contribution in [2.24, 2.45) is 0 Å². The molecule has 8 heteroatoms. The lowest BCUT2D eigenvalue weighted by Crippen LogP contribution is -2.29. The van der Waals surface area contributed by atoms with Crippen molar-refractivity contribution in [3.8, 4) is 0 Å². The van der Waals surface area contributed by atoms with E-state index in [1.807, 2.05) is 0 Å². The fourth-order valence-electron chi connectivity index (χ4n) is 4.02. The molecule has 0 radical (unpaired) electrons. The van der Waals surface area contributed by atoms with Gasteiger partial charge in [-0.25, -0.2) is 8.42 Å². The number of carbonyl (C=O) groups is 3. The van der Waals surface area contributed by atoms with Gasteiger partial charge < -0.3 is 5.32 Å². The number of anilines is 1. The second kappa shape index (κ2) is 7.75. The third-order valence-corrected chi connectivity index (χ3v) is 7.98. The summed E-state index contributed by atoms with van der Waals surface area (Å²) in [5.41, 5.74) is 1.49. The van der Waals surface area contributed by atoms with Crippen molar-refractivity contribution < 1.29 is 22.8 Å². The third kappa shape index (κ3) is 3.57. The zero-order chi connectivity index (χ0) is 23.3. The summed E-state index contributed by atoms with van der Waals surface area (Å²) in [7, 11) is -2.05. The van der Waals surface area contributed by atoms with Gasteiger partial charge in [-0.15, -0.1) is 0 Å². The summed E-state index contributed by atoms with van der Waals surface area (Å²) in [6.45, 7) is 0. The van der Waals surface area contributed by atoms with Crippen molar-refractivity contribution in [2.75, 3.05) is 12.4 Å². The van der Waals surface area contributed by atoms with Gasteiger partial charge in [0.2, 0.25) is 10.0 Å². The Kier molecular flexibility index (Phi) is 4.99. The molecule has 1 saturated carbocycles. The lowest BCUT2D eigenvalue weighted by molar-refractivity contribution is 0.0978. The molecule has 0 saturated heterocycles. The molecule has 3 aromatic rings. The molecule has 0 spiro atoms. The first-order chi connectivity index (χ1) is 15.8. The minimum atomic E-state index is -3.61. The van der Waals surface area contributed by atoms with E-state index in [0.29, 0.717) is 11.1 Å². The standard InChI is InChI=1S/C25H20N2O5S/c1-27(16-11-12-16)33(31,32)17-13-9-15(10-14-17)25(30)26-21-8-4-7-20-22(21)24(29)19-6-3-2-5-18(19)23(20)28/h2-10,13-14,16H,11-12H2,1H3,(H,26,30). The Morgan fingerprint density at radius 2 is 1.45 bits per heavy atom. The maximum Gasteiger partial charge on any atom is 0.255 e. The lowest BCUT2D eigenvalue weighted by Gasteiger charge is -2.20. The number of amides is 1. The van der Waals surface area contributed by atoms with Gasteiger partial charge in [-0.2, -0.15) is 4.31 Å². The number of benzene rings is 3. The van der Waals surface area contributed by atoms with Gasteiger partial charge in [0, 0.05) is 35.3 Å². The number of ketones is 2. The van der Waals surface area contributed by atoms with Gasteiger partial charge in [0.25, 0.3) is 5.91 Å². The Bertz CT molecular complexity index is 1420. The van der Waals surface area contributed by atoms with Crippen LogP contribution in [0.2, 0.25) is 0 Å². The maximum absolute atomic E-state index is 13.1. The smallest absolute Gasteiger partial charge is 0.255 e. The molecule has 0 aromatic heterocycles. The van der Waals surface area contributed by atoms with E-state index in [2.05, 4.69) is 5.32 Å². The van der Waals surface area contributed by atoms with Gasteiger partial charge >= 0.3 is 0 Å². The SMILES string of the molecule is CN(C1CC1)S(=O)(=O)c1ccc(C(=O)Nc2cccc3c2C(=O)c2ccccc2C3=O)cc1. The molecule has 2 aliphatic carbocycles. The number of hydrogen-bond acceptors (Lipinski definition) is 5. The predicted molar refractivity (Wildman–Crippen MR) is 122 cm³/mol. The van der Waals surface area contributed by atoms with E-state index < -0.39 is 15.9 Å². The monoisotopic (exact) mass is 460 g/mol. The third-order valence-electron chi connectivity index (χ3n) is 6.06. The zero-order valence-electron chi connectivity index (χ0n) is 17.7. The van der Waals surface area contributed by atoms with Crippen LogP contribution >= 0.6 is 0 Å². The van der Waals surface area contributed by atoms with Gasteiger partial charge in [-0.05, 0) is 43.2 Å². The second-order valence-electron chi connectivity index (χ2n) is 8.16. The maximum atomic E-state index is 13.1.